The van der Waals surface area contributed by atoms with Gasteiger partial charge in [-0.2, -0.15) is 0 Å². The molecule has 0 spiro atoms. The lowest BCUT2D eigenvalue weighted by Crippen LogP contribution is -2.42. The van der Waals surface area contributed by atoms with Gasteiger partial charge in [0.2, 0.25) is 0 Å². The van der Waals surface area contributed by atoms with Crippen molar-refractivity contribution >= 4 is 11.3 Å². The third-order valence-electron chi connectivity index (χ3n) is 3.30. The van der Waals surface area contributed by atoms with Crippen LogP contribution >= 0.6 is 11.3 Å². The van der Waals surface area contributed by atoms with E-state index >= 15 is 0 Å². The second-order valence-electron chi connectivity index (χ2n) is 4.49. The molecule has 18 heavy (non-hydrogen) atoms. The van der Waals surface area contributed by atoms with Gasteiger partial charge in [0.15, 0.2) is 5.72 Å². The Morgan fingerprint density at radius 3 is 2.44 bits per heavy atom. The maximum Gasteiger partial charge on any atom is 0.153 e. The quantitative estimate of drug-likeness (QED) is 0.833. The zero-order chi connectivity index (χ0) is 13.0. The first-order valence-electron chi connectivity index (χ1n) is 6.18. The molecule has 1 aromatic heterocycles. The van der Waals surface area contributed by atoms with Crippen LogP contribution in [0.5, 0.6) is 0 Å². The van der Waals surface area contributed by atoms with Crippen LogP contribution in [0.2, 0.25) is 0 Å². The van der Waals surface area contributed by atoms with Gasteiger partial charge in [-0.25, -0.2) is 0 Å². The lowest BCUT2D eigenvalue weighted by molar-refractivity contribution is -0.107. The largest absolute Gasteiger partial charge is 0.370 e. The van der Waals surface area contributed by atoms with E-state index in [1.54, 1.807) is 11.3 Å². The minimum Gasteiger partial charge on any atom is -0.370 e. The molecule has 0 saturated carbocycles. The Hall–Kier alpha value is -1.16. The molecule has 0 amide bonds. The second-order valence-corrected chi connectivity index (χ2v) is 5.44. The molecule has 0 bridgehead atoms. The molecule has 1 heterocycles. The SMILES string of the molecule is CC[C@@](O)(c1cccs1)N(C)Cc1ccccc1. The van der Waals surface area contributed by atoms with Gasteiger partial charge in [-0.05, 0) is 30.5 Å². The molecule has 0 unspecified atom stereocenters. The summed E-state index contributed by atoms with van der Waals surface area (Å²) >= 11 is 1.60. The van der Waals surface area contributed by atoms with E-state index in [2.05, 4.69) is 12.1 Å². The van der Waals surface area contributed by atoms with Gasteiger partial charge < -0.3 is 5.11 Å². The minimum absolute atomic E-state index is 0.677. The van der Waals surface area contributed by atoms with Gasteiger partial charge in [-0.1, -0.05) is 43.3 Å². The van der Waals surface area contributed by atoms with Crippen LogP contribution in [0, 0.1) is 0 Å². The number of aliphatic hydroxyl groups is 1. The predicted molar refractivity (Wildman–Crippen MR) is 76.4 cm³/mol. The fourth-order valence-electron chi connectivity index (χ4n) is 2.13. The first-order valence-corrected chi connectivity index (χ1v) is 7.06. The lowest BCUT2D eigenvalue weighted by atomic mass is 10.1. The molecular weight excluding hydrogens is 242 g/mol. The monoisotopic (exact) mass is 261 g/mol. The van der Waals surface area contributed by atoms with Gasteiger partial charge in [-0.15, -0.1) is 11.3 Å². The van der Waals surface area contributed by atoms with Gasteiger partial charge in [0.05, 0.1) is 4.88 Å². The number of nitrogens with zero attached hydrogens (tertiary/aromatic N) is 1. The van der Waals surface area contributed by atoms with E-state index in [9.17, 15) is 5.11 Å². The third kappa shape index (κ3) is 2.64. The van der Waals surface area contributed by atoms with Gasteiger partial charge >= 0.3 is 0 Å². The highest BCUT2D eigenvalue weighted by atomic mass is 32.1. The summed E-state index contributed by atoms with van der Waals surface area (Å²) in [7, 11) is 1.97. The number of thiophene rings is 1. The van der Waals surface area contributed by atoms with Crippen LogP contribution in [0.3, 0.4) is 0 Å². The number of rotatable bonds is 5. The summed E-state index contributed by atoms with van der Waals surface area (Å²) in [4.78, 5) is 3.01. The molecular formula is C15H19NOS. The van der Waals surface area contributed by atoms with E-state index in [-0.39, 0.29) is 0 Å². The fourth-order valence-corrected chi connectivity index (χ4v) is 3.08. The highest BCUT2D eigenvalue weighted by Crippen LogP contribution is 2.32. The Bertz CT molecular complexity index is 469. The molecule has 2 nitrogen and oxygen atoms in total. The Kier molecular flexibility index (Phi) is 4.17. The average Bonchev–Trinajstić information content (AvgIpc) is 2.93. The van der Waals surface area contributed by atoms with E-state index in [0.29, 0.717) is 6.42 Å². The zero-order valence-corrected chi connectivity index (χ0v) is 11.7. The van der Waals surface area contributed by atoms with Crippen molar-refractivity contribution in [1.82, 2.24) is 4.90 Å². The zero-order valence-electron chi connectivity index (χ0n) is 10.8. The molecule has 0 fully saturated rings. The summed E-state index contributed by atoms with van der Waals surface area (Å²) in [5, 5.41) is 12.9. The first-order chi connectivity index (χ1) is 8.66. The van der Waals surface area contributed by atoms with Gasteiger partial charge in [0.25, 0.3) is 0 Å². The molecule has 1 N–H and O–H groups in total. The number of hydrogen-bond donors (Lipinski definition) is 1. The molecule has 2 aromatic rings. The molecule has 0 radical (unpaired) electrons. The van der Waals surface area contributed by atoms with Gasteiger partial charge in [0, 0.05) is 6.54 Å². The van der Waals surface area contributed by atoms with Crippen molar-refractivity contribution in [3.63, 3.8) is 0 Å². The molecule has 2 rings (SSSR count). The van der Waals surface area contributed by atoms with Gasteiger partial charge in [-0.3, -0.25) is 4.90 Å². The van der Waals surface area contributed by atoms with E-state index in [1.165, 1.54) is 5.56 Å². The minimum atomic E-state index is -0.871. The highest BCUT2D eigenvalue weighted by Gasteiger charge is 2.32. The molecule has 0 aliphatic rings. The molecule has 3 heteroatoms. The van der Waals surface area contributed by atoms with Crippen LogP contribution < -0.4 is 0 Å². The maximum atomic E-state index is 10.8. The summed E-state index contributed by atoms with van der Waals surface area (Å²) in [6.45, 7) is 2.75. The Morgan fingerprint density at radius 2 is 1.89 bits per heavy atom. The van der Waals surface area contributed by atoms with Crippen LogP contribution in [-0.4, -0.2) is 17.1 Å². The summed E-state index contributed by atoms with van der Waals surface area (Å²) in [6.07, 6.45) is 0.677. The predicted octanol–water partition coefficient (Wildman–Crippen LogP) is 3.44. The van der Waals surface area contributed by atoms with Crippen molar-refractivity contribution in [3.05, 3.63) is 58.3 Å². The Labute approximate surface area is 113 Å². The van der Waals surface area contributed by atoms with Crippen LogP contribution in [0.1, 0.15) is 23.8 Å². The molecule has 0 aliphatic heterocycles. The summed E-state index contributed by atoms with van der Waals surface area (Å²) in [5.74, 6) is 0. The van der Waals surface area contributed by atoms with Gasteiger partial charge in [0.1, 0.15) is 0 Å². The van der Waals surface area contributed by atoms with Crippen LogP contribution in [-0.2, 0) is 12.3 Å². The molecule has 0 aliphatic carbocycles. The topological polar surface area (TPSA) is 23.5 Å². The average molecular weight is 261 g/mol. The highest BCUT2D eigenvalue weighted by molar-refractivity contribution is 7.10. The third-order valence-corrected chi connectivity index (χ3v) is 4.31. The second kappa shape index (κ2) is 5.65. The van der Waals surface area contributed by atoms with Crippen molar-refractivity contribution in [2.24, 2.45) is 0 Å². The molecule has 96 valence electrons. The van der Waals surface area contributed by atoms with Crippen molar-refractivity contribution in [2.45, 2.75) is 25.6 Å². The maximum absolute atomic E-state index is 10.8. The number of hydrogen-bond acceptors (Lipinski definition) is 3. The fraction of sp³-hybridized carbons (Fsp3) is 0.333. The van der Waals surface area contributed by atoms with E-state index in [1.807, 2.05) is 54.6 Å². The van der Waals surface area contributed by atoms with Crippen LogP contribution in [0.15, 0.2) is 47.8 Å². The van der Waals surface area contributed by atoms with E-state index in [4.69, 9.17) is 0 Å². The van der Waals surface area contributed by atoms with E-state index < -0.39 is 5.72 Å². The Balaban J connectivity index is 2.18. The lowest BCUT2D eigenvalue weighted by Gasteiger charge is -2.36. The first kappa shape index (κ1) is 13.3. The summed E-state index contributed by atoms with van der Waals surface area (Å²) < 4.78 is 0. The van der Waals surface area contributed by atoms with Crippen molar-refractivity contribution in [2.75, 3.05) is 7.05 Å². The molecule has 1 atom stereocenters. The smallest absolute Gasteiger partial charge is 0.153 e. The van der Waals surface area contributed by atoms with Crippen molar-refractivity contribution < 1.29 is 5.11 Å². The number of benzene rings is 1. The molecule has 0 saturated heterocycles. The van der Waals surface area contributed by atoms with Crippen LogP contribution in [0.25, 0.3) is 0 Å². The Morgan fingerprint density at radius 1 is 1.17 bits per heavy atom. The normalized spacial score (nSPS) is 14.7. The standard InChI is InChI=1S/C15H19NOS/c1-3-15(17,14-10-7-11-18-14)16(2)12-13-8-5-4-6-9-13/h4-11,17H,3,12H2,1-2H3/t15-/m1/s1. The van der Waals surface area contributed by atoms with Crippen molar-refractivity contribution in [1.29, 1.82) is 0 Å². The van der Waals surface area contributed by atoms with Crippen molar-refractivity contribution in [3.8, 4) is 0 Å². The van der Waals surface area contributed by atoms with Crippen LogP contribution in [0.4, 0.5) is 0 Å². The summed E-state index contributed by atoms with van der Waals surface area (Å²) in [6, 6.07) is 14.2. The summed E-state index contributed by atoms with van der Waals surface area (Å²) in [5.41, 5.74) is 0.340. The molecule has 1 aromatic carbocycles. The van der Waals surface area contributed by atoms with E-state index in [0.717, 1.165) is 11.4 Å².